The predicted molar refractivity (Wildman–Crippen MR) is 84.3 cm³/mol. The van der Waals surface area contributed by atoms with E-state index in [0.717, 1.165) is 32.6 Å². The average Bonchev–Trinajstić information content (AvgIpc) is 2.51. The molecule has 1 aromatic rings. The molecule has 0 amide bonds. The van der Waals surface area contributed by atoms with Crippen LogP contribution in [0.1, 0.15) is 38.3 Å². The number of hydroxylamine groups is 3. The summed E-state index contributed by atoms with van der Waals surface area (Å²) >= 11 is 0. The summed E-state index contributed by atoms with van der Waals surface area (Å²) in [7, 11) is 1.79. The Morgan fingerprint density at radius 2 is 1.75 bits per heavy atom. The highest BCUT2D eigenvalue weighted by Crippen LogP contribution is 2.22. The summed E-state index contributed by atoms with van der Waals surface area (Å²) in [6.45, 7) is 11.1. The fourth-order valence-electron chi connectivity index (χ4n) is 2.73. The molecule has 1 heterocycles. The van der Waals surface area contributed by atoms with E-state index >= 15 is 0 Å². The van der Waals surface area contributed by atoms with Crippen LogP contribution in [0, 0.1) is 5.21 Å². The predicted octanol–water partition coefficient (Wildman–Crippen LogP) is 3.13. The Labute approximate surface area is 123 Å². The van der Waals surface area contributed by atoms with Gasteiger partial charge in [0.25, 0.3) is 0 Å². The van der Waals surface area contributed by atoms with Crippen molar-refractivity contribution in [3.05, 3.63) is 40.6 Å². The lowest BCUT2D eigenvalue weighted by atomic mass is 9.87. The molecule has 2 rings (SSSR count). The van der Waals surface area contributed by atoms with Gasteiger partial charge in [-0.15, -0.1) is 0 Å². The van der Waals surface area contributed by atoms with Crippen LogP contribution in [0.5, 0.6) is 0 Å². The van der Waals surface area contributed by atoms with Crippen LogP contribution in [0.3, 0.4) is 0 Å². The van der Waals surface area contributed by atoms with Gasteiger partial charge in [-0.3, -0.25) is 4.90 Å². The Hall–Kier alpha value is -0.900. The monoisotopic (exact) mass is 276 g/mol. The second-order valence-corrected chi connectivity index (χ2v) is 7.32. The van der Waals surface area contributed by atoms with Crippen molar-refractivity contribution >= 4 is 0 Å². The molecule has 3 nitrogen and oxygen atoms in total. The highest BCUT2D eigenvalue weighted by Gasteiger charge is 2.19. The molecule has 0 bridgehead atoms. The quantitative estimate of drug-likeness (QED) is 0.613. The van der Waals surface area contributed by atoms with Gasteiger partial charge in [0.1, 0.15) is 0 Å². The smallest absolute Gasteiger partial charge is 0.0911 e. The van der Waals surface area contributed by atoms with Gasteiger partial charge < -0.3 is 9.85 Å². The van der Waals surface area contributed by atoms with Crippen LogP contribution in [0.25, 0.3) is 0 Å². The maximum Gasteiger partial charge on any atom is 0.0911 e. The lowest BCUT2D eigenvalue weighted by Crippen LogP contribution is -2.40. The van der Waals surface area contributed by atoms with E-state index in [-0.39, 0.29) is 10.1 Å². The SMILES string of the molecule is CC(C)(C)c1ccc(CN2CCC[N+](C)([O-])CC2)cc1. The van der Waals surface area contributed by atoms with E-state index < -0.39 is 0 Å². The number of hydrogen-bond acceptors (Lipinski definition) is 2. The molecule has 0 radical (unpaired) electrons. The van der Waals surface area contributed by atoms with Gasteiger partial charge in [-0.2, -0.15) is 0 Å². The van der Waals surface area contributed by atoms with Crippen LogP contribution < -0.4 is 0 Å². The maximum absolute atomic E-state index is 12.0. The second kappa shape index (κ2) is 5.84. The molecule has 1 aliphatic rings. The molecular formula is C17H28N2O. The van der Waals surface area contributed by atoms with Crippen LogP contribution in [-0.2, 0) is 12.0 Å². The average molecular weight is 276 g/mol. The third-order valence-electron chi connectivity index (χ3n) is 4.22. The number of nitrogens with zero attached hydrogens (tertiary/aromatic N) is 2. The molecule has 1 aromatic carbocycles. The molecule has 0 N–H and O–H groups in total. The van der Waals surface area contributed by atoms with Crippen molar-refractivity contribution in [2.75, 3.05) is 33.2 Å². The fourth-order valence-corrected chi connectivity index (χ4v) is 2.73. The second-order valence-electron chi connectivity index (χ2n) is 7.32. The highest BCUT2D eigenvalue weighted by atomic mass is 16.5. The summed E-state index contributed by atoms with van der Waals surface area (Å²) in [5.74, 6) is 0. The van der Waals surface area contributed by atoms with Gasteiger partial charge in [0.15, 0.2) is 0 Å². The Morgan fingerprint density at radius 1 is 1.10 bits per heavy atom. The van der Waals surface area contributed by atoms with E-state index in [1.54, 1.807) is 7.05 Å². The zero-order chi connectivity index (χ0) is 14.8. The maximum atomic E-state index is 12.0. The minimum Gasteiger partial charge on any atom is -0.633 e. The minimum atomic E-state index is -0.0839. The minimum absolute atomic E-state index is 0.0839. The molecule has 3 heteroatoms. The number of likely N-dealkylation sites (N-methyl/N-ethyl adjacent to an activating group) is 1. The molecule has 1 unspecified atom stereocenters. The van der Waals surface area contributed by atoms with Crippen molar-refractivity contribution in [1.82, 2.24) is 4.90 Å². The van der Waals surface area contributed by atoms with Gasteiger partial charge in [0, 0.05) is 26.1 Å². The third kappa shape index (κ3) is 4.30. The van der Waals surface area contributed by atoms with Crippen molar-refractivity contribution in [2.24, 2.45) is 0 Å². The molecule has 20 heavy (non-hydrogen) atoms. The molecule has 1 atom stereocenters. The zero-order valence-corrected chi connectivity index (χ0v) is 13.4. The van der Waals surface area contributed by atoms with Crippen molar-refractivity contribution in [1.29, 1.82) is 0 Å². The van der Waals surface area contributed by atoms with E-state index in [4.69, 9.17) is 0 Å². The molecule has 0 spiro atoms. The summed E-state index contributed by atoms with van der Waals surface area (Å²) < 4.78 is -0.0839. The first-order chi connectivity index (χ1) is 9.26. The number of hydrogen-bond donors (Lipinski definition) is 0. The van der Waals surface area contributed by atoms with E-state index in [0.29, 0.717) is 6.54 Å². The van der Waals surface area contributed by atoms with Crippen molar-refractivity contribution in [3.8, 4) is 0 Å². The summed E-state index contributed by atoms with van der Waals surface area (Å²) in [6.07, 6.45) is 1.00. The van der Waals surface area contributed by atoms with Gasteiger partial charge in [-0.25, -0.2) is 0 Å². The number of benzene rings is 1. The molecular weight excluding hydrogens is 248 g/mol. The van der Waals surface area contributed by atoms with Crippen LogP contribution in [-0.4, -0.2) is 42.8 Å². The lowest BCUT2D eigenvalue weighted by molar-refractivity contribution is -0.858. The van der Waals surface area contributed by atoms with Gasteiger partial charge in [0.2, 0.25) is 0 Å². The first kappa shape index (κ1) is 15.5. The van der Waals surface area contributed by atoms with E-state index in [1.807, 2.05) is 0 Å². The standard InChI is InChI=1S/C17H28N2O/c1-17(2,3)16-8-6-15(7-9-16)14-18-10-5-12-19(4,20)13-11-18/h6-9H,5,10-14H2,1-4H3. The van der Waals surface area contributed by atoms with E-state index in [9.17, 15) is 5.21 Å². The van der Waals surface area contributed by atoms with Gasteiger partial charge >= 0.3 is 0 Å². The molecule has 0 saturated carbocycles. The summed E-state index contributed by atoms with van der Waals surface area (Å²) in [6, 6.07) is 8.94. The lowest BCUT2D eigenvalue weighted by Gasteiger charge is -2.37. The molecule has 1 saturated heterocycles. The molecule has 112 valence electrons. The Bertz CT molecular complexity index is 431. The van der Waals surface area contributed by atoms with Crippen LogP contribution in [0.15, 0.2) is 24.3 Å². The Kier molecular flexibility index (Phi) is 4.52. The Morgan fingerprint density at radius 3 is 2.35 bits per heavy atom. The molecule has 0 aliphatic carbocycles. The molecule has 1 fully saturated rings. The van der Waals surface area contributed by atoms with E-state index in [1.165, 1.54) is 11.1 Å². The number of rotatable bonds is 2. The van der Waals surface area contributed by atoms with Crippen LogP contribution in [0.2, 0.25) is 0 Å². The molecule has 0 aromatic heterocycles. The summed E-state index contributed by atoms with van der Waals surface area (Å²) in [5.41, 5.74) is 2.93. The van der Waals surface area contributed by atoms with Gasteiger partial charge in [-0.1, -0.05) is 45.0 Å². The highest BCUT2D eigenvalue weighted by molar-refractivity contribution is 5.27. The third-order valence-corrected chi connectivity index (χ3v) is 4.22. The first-order valence-corrected chi connectivity index (χ1v) is 7.64. The van der Waals surface area contributed by atoms with Gasteiger partial charge in [-0.05, 0) is 16.5 Å². The topological polar surface area (TPSA) is 26.3 Å². The molecule has 1 aliphatic heterocycles. The van der Waals surface area contributed by atoms with Crippen LogP contribution in [0.4, 0.5) is 0 Å². The number of quaternary nitrogens is 1. The summed E-state index contributed by atoms with van der Waals surface area (Å²) in [4.78, 5) is 2.41. The Balaban J connectivity index is 1.96. The largest absolute Gasteiger partial charge is 0.633 e. The normalized spacial score (nSPS) is 25.4. The zero-order valence-electron chi connectivity index (χ0n) is 13.4. The fraction of sp³-hybridized carbons (Fsp3) is 0.647. The summed E-state index contributed by atoms with van der Waals surface area (Å²) in [5, 5.41) is 12.0. The van der Waals surface area contributed by atoms with Crippen molar-refractivity contribution in [3.63, 3.8) is 0 Å². The van der Waals surface area contributed by atoms with E-state index in [2.05, 4.69) is 49.9 Å². The van der Waals surface area contributed by atoms with Gasteiger partial charge in [0.05, 0.1) is 20.1 Å². The van der Waals surface area contributed by atoms with Crippen molar-refractivity contribution in [2.45, 2.75) is 39.2 Å². The van der Waals surface area contributed by atoms with Crippen molar-refractivity contribution < 1.29 is 4.65 Å². The van der Waals surface area contributed by atoms with Crippen LogP contribution >= 0.6 is 0 Å². The first-order valence-electron chi connectivity index (χ1n) is 7.64.